The monoisotopic (exact) mass is 512 g/mol. The van der Waals surface area contributed by atoms with Gasteiger partial charge in [-0.25, -0.2) is 9.18 Å². The van der Waals surface area contributed by atoms with Crippen LogP contribution in [-0.4, -0.2) is 46.0 Å². The molecule has 3 amide bonds. The van der Waals surface area contributed by atoms with Crippen molar-refractivity contribution in [3.05, 3.63) is 64.6 Å². The zero-order valence-electron chi connectivity index (χ0n) is 19.7. The van der Waals surface area contributed by atoms with Crippen LogP contribution in [0.1, 0.15) is 30.9 Å². The molecule has 3 aromatic rings. The number of halogens is 2. The molecule has 0 spiro atoms. The molecule has 2 heterocycles. The standard InChI is InChI=1S/C26H26ClFN4O4/c1-2-36-17-6-7-20-18(11-17)16(13-31(20)26(29)35)10-23(33)32-21-8-15(21)9-22(32)25(34)30-12-14-4-3-5-19(27)24(14)28/h3-7,11,13,15,21-22H,2,8-10,12H2,1H3,(H2,29,35)(H,30,34)/t15-,21-,22+/m1/s1. The van der Waals surface area contributed by atoms with Gasteiger partial charge < -0.3 is 20.7 Å². The Morgan fingerprint density at radius 1 is 1.19 bits per heavy atom. The fourth-order valence-corrected chi connectivity index (χ4v) is 5.34. The highest BCUT2D eigenvalue weighted by atomic mass is 35.5. The van der Waals surface area contributed by atoms with E-state index in [9.17, 15) is 18.8 Å². The predicted molar refractivity (Wildman–Crippen MR) is 132 cm³/mol. The molecule has 10 heteroatoms. The Labute approximate surface area is 212 Å². The van der Waals surface area contributed by atoms with Crippen LogP contribution in [0.4, 0.5) is 9.18 Å². The van der Waals surface area contributed by atoms with Gasteiger partial charge in [0, 0.05) is 29.7 Å². The summed E-state index contributed by atoms with van der Waals surface area (Å²) in [6.07, 6.45) is 2.99. The Hall–Kier alpha value is -3.59. The molecule has 2 fully saturated rings. The lowest BCUT2D eigenvalue weighted by molar-refractivity contribution is -0.139. The van der Waals surface area contributed by atoms with E-state index < -0.39 is 17.9 Å². The molecule has 0 bridgehead atoms. The van der Waals surface area contributed by atoms with Crippen molar-refractivity contribution in [1.29, 1.82) is 0 Å². The number of carbonyl (C=O) groups excluding carboxylic acids is 3. The molecule has 1 aromatic heterocycles. The van der Waals surface area contributed by atoms with Crippen LogP contribution >= 0.6 is 11.6 Å². The van der Waals surface area contributed by atoms with E-state index in [-0.39, 0.29) is 47.3 Å². The molecular formula is C26H26ClFN4O4. The maximum absolute atomic E-state index is 14.2. The normalized spacial score (nSPS) is 20.3. The maximum Gasteiger partial charge on any atom is 0.323 e. The first-order valence-electron chi connectivity index (χ1n) is 11.9. The van der Waals surface area contributed by atoms with Crippen molar-refractivity contribution in [1.82, 2.24) is 14.8 Å². The number of nitrogens with zero attached hydrogens (tertiary/aromatic N) is 2. The number of hydrogen-bond donors (Lipinski definition) is 2. The summed E-state index contributed by atoms with van der Waals surface area (Å²) >= 11 is 5.83. The van der Waals surface area contributed by atoms with Crippen molar-refractivity contribution in [2.24, 2.45) is 11.7 Å². The second kappa shape index (κ2) is 9.46. The van der Waals surface area contributed by atoms with Gasteiger partial charge >= 0.3 is 6.03 Å². The minimum absolute atomic E-state index is 0.00226. The number of piperidine rings is 1. The molecule has 1 saturated carbocycles. The Balaban J connectivity index is 1.35. The minimum Gasteiger partial charge on any atom is -0.494 e. The van der Waals surface area contributed by atoms with E-state index in [1.54, 1.807) is 41.4 Å². The number of ether oxygens (including phenoxy) is 1. The lowest BCUT2D eigenvalue weighted by Crippen LogP contribution is -2.48. The highest BCUT2D eigenvalue weighted by Crippen LogP contribution is 2.48. The van der Waals surface area contributed by atoms with Gasteiger partial charge in [-0.2, -0.15) is 0 Å². The van der Waals surface area contributed by atoms with Crippen LogP contribution in [0.2, 0.25) is 5.02 Å². The molecule has 3 N–H and O–H groups in total. The third-order valence-corrected chi connectivity index (χ3v) is 7.22. The van der Waals surface area contributed by atoms with Crippen LogP contribution in [0.5, 0.6) is 5.75 Å². The largest absolute Gasteiger partial charge is 0.494 e. The summed E-state index contributed by atoms with van der Waals surface area (Å²) in [4.78, 5) is 40.1. The average Bonchev–Trinajstić information content (AvgIpc) is 3.36. The van der Waals surface area contributed by atoms with Gasteiger partial charge in [-0.15, -0.1) is 0 Å². The topological polar surface area (TPSA) is 107 Å². The van der Waals surface area contributed by atoms with Gasteiger partial charge in [0.25, 0.3) is 0 Å². The number of aromatic nitrogens is 1. The van der Waals surface area contributed by atoms with Crippen molar-refractivity contribution >= 4 is 40.3 Å². The quantitative estimate of drug-likeness (QED) is 0.504. The molecule has 188 valence electrons. The van der Waals surface area contributed by atoms with Crippen LogP contribution < -0.4 is 15.8 Å². The average molecular weight is 513 g/mol. The number of benzene rings is 2. The van der Waals surface area contributed by atoms with E-state index in [1.807, 2.05) is 6.92 Å². The molecule has 0 unspecified atom stereocenters. The molecule has 1 saturated heterocycles. The van der Waals surface area contributed by atoms with E-state index in [0.717, 1.165) is 6.42 Å². The first kappa shape index (κ1) is 24.1. The van der Waals surface area contributed by atoms with E-state index in [1.165, 1.54) is 10.6 Å². The molecular weight excluding hydrogens is 487 g/mol. The highest BCUT2D eigenvalue weighted by Gasteiger charge is 2.55. The summed E-state index contributed by atoms with van der Waals surface area (Å²) in [7, 11) is 0. The van der Waals surface area contributed by atoms with Gasteiger partial charge in [-0.1, -0.05) is 23.7 Å². The maximum atomic E-state index is 14.2. The molecule has 36 heavy (non-hydrogen) atoms. The number of hydrogen-bond acceptors (Lipinski definition) is 4. The van der Waals surface area contributed by atoms with Crippen LogP contribution in [0.3, 0.4) is 0 Å². The van der Waals surface area contributed by atoms with Crippen molar-refractivity contribution in [3.8, 4) is 5.75 Å². The lowest BCUT2D eigenvalue weighted by atomic mass is 10.1. The number of amides is 3. The zero-order valence-corrected chi connectivity index (χ0v) is 20.4. The molecule has 1 aliphatic carbocycles. The second-order valence-electron chi connectivity index (χ2n) is 9.20. The Morgan fingerprint density at radius 2 is 2.00 bits per heavy atom. The summed E-state index contributed by atoms with van der Waals surface area (Å²) in [5, 5.41) is 3.44. The van der Waals surface area contributed by atoms with Gasteiger partial charge in [0.1, 0.15) is 17.6 Å². The van der Waals surface area contributed by atoms with Crippen molar-refractivity contribution in [2.75, 3.05) is 6.61 Å². The summed E-state index contributed by atoms with van der Waals surface area (Å²) in [5.74, 6) is -0.203. The van der Waals surface area contributed by atoms with Crippen molar-refractivity contribution < 1.29 is 23.5 Å². The van der Waals surface area contributed by atoms with E-state index in [4.69, 9.17) is 22.1 Å². The summed E-state index contributed by atoms with van der Waals surface area (Å²) in [6, 6.07) is 8.61. The van der Waals surface area contributed by atoms with E-state index in [2.05, 4.69) is 5.32 Å². The zero-order chi connectivity index (χ0) is 25.6. The van der Waals surface area contributed by atoms with E-state index >= 15 is 0 Å². The van der Waals surface area contributed by atoms with Crippen LogP contribution in [0, 0.1) is 11.7 Å². The van der Waals surface area contributed by atoms with Crippen LogP contribution in [0.25, 0.3) is 10.9 Å². The second-order valence-corrected chi connectivity index (χ2v) is 9.60. The number of primary amides is 1. The minimum atomic E-state index is -0.656. The number of likely N-dealkylation sites (tertiary alicyclic amines) is 1. The first-order chi connectivity index (χ1) is 17.3. The molecule has 2 aliphatic rings. The van der Waals surface area contributed by atoms with Gasteiger partial charge in [0.15, 0.2) is 0 Å². The first-order valence-corrected chi connectivity index (χ1v) is 12.2. The molecule has 3 atom stereocenters. The Bertz CT molecular complexity index is 1370. The van der Waals surface area contributed by atoms with Gasteiger partial charge in [-0.3, -0.25) is 14.2 Å². The third-order valence-electron chi connectivity index (χ3n) is 6.93. The molecule has 0 radical (unpaired) electrons. The number of carbonyl (C=O) groups is 3. The molecule has 8 nitrogen and oxygen atoms in total. The fourth-order valence-electron chi connectivity index (χ4n) is 5.15. The fraction of sp³-hybridized carbons (Fsp3) is 0.346. The molecule has 5 rings (SSSR count). The van der Waals surface area contributed by atoms with Crippen LogP contribution in [0.15, 0.2) is 42.6 Å². The number of rotatable bonds is 7. The molecule has 1 aliphatic heterocycles. The van der Waals surface area contributed by atoms with Crippen LogP contribution in [-0.2, 0) is 22.6 Å². The Morgan fingerprint density at radius 3 is 2.75 bits per heavy atom. The Kier molecular flexibility index (Phi) is 6.34. The third kappa shape index (κ3) is 4.39. The van der Waals surface area contributed by atoms with Crippen molar-refractivity contribution in [3.63, 3.8) is 0 Å². The van der Waals surface area contributed by atoms with Gasteiger partial charge in [-0.05, 0) is 55.5 Å². The lowest BCUT2D eigenvalue weighted by Gasteiger charge is -2.27. The van der Waals surface area contributed by atoms with Gasteiger partial charge in [0.05, 0.1) is 23.6 Å². The summed E-state index contributed by atoms with van der Waals surface area (Å²) < 4.78 is 21.1. The predicted octanol–water partition coefficient (Wildman–Crippen LogP) is 3.61. The smallest absolute Gasteiger partial charge is 0.323 e. The number of fused-ring (bicyclic) bond motifs is 2. The van der Waals surface area contributed by atoms with Crippen molar-refractivity contribution in [2.45, 2.75) is 44.8 Å². The number of nitrogens with two attached hydrogens (primary N) is 1. The SMILES string of the molecule is CCOc1ccc2c(c1)c(CC(=O)N1[C@@H]3C[C@@H]3C[C@H]1C(=O)NCc1cccc(Cl)c1F)cn2C(N)=O. The summed E-state index contributed by atoms with van der Waals surface area (Å²) in [6.45, 7) is 2.32. The summed E-state index contributed by atoms with van der Waals surface area (Å²) in [5.41, 5.74) is 7.03. The molecule has 2 aromatic carbocycles. The van der Waals surface area contributed by atoms with Gasteiger partial charge in [0.2, 0.25) is 11.8 Å². The number of nitrogens with one attached hydrogen (secondary N) is 1. The van der Waals surface area contributed by atoms with E-state index in [0.29, 0.717) is 35.2 Å². The highest BCUT2D eigenvalue weighted by molar-refractivity contribution is 6.30.